The van der Waals surface area contributed by atoms with E-state index in [4.69, 9.17) is 10.6 Å². The largest absolute Gasteiger partial charge is 0.465 e. The summed E-state index contributed by atoms with van der Waals surface area (Å²) >= 11 is 0. The Hall–Kier alpha value is -2.08. The van der Waals surface area contributed by atoms with E-state index in [1.807, 2.05) is 5.43 Å². The Morgan fingerprint density at radius 1 is 1.50 bits per heavy atom. The number of hydrogen-bond acceptors (Lipinski definition) is 4. The van der Waals surface area contributed by atoms with Crippen molar-refractivity contribution in [3.8, 4) is 5.75 Å². The molecule has 0 saturated heterocycles. The Labute approximate surface area is 91.7 Å². The molecular formula is C10H11N3O3. The molecule has 0 aromatic heterocycles. The summed E-state index contributed by atoms with van der Waals surface area (Å²) in [5.74, 6) is 4.21. The molecule has 16 heavy (non-hydrogen) atoms. The lowest BCUT2D eigenvalue weighted by Gasteiger charge is -2.32. The van der Waals surface area contributed by atoms with Crippen LogP contribution in [0.4, 0.5) is 5.69 Å². The highest BCUT2D eigenvalue weighted by atomic mass is 16.5. The highest BCUT2D eigenvalue weighted by Crippen LogP contribution is 2.33. The van der Waals surface area contributed by atoms with Crippen LogP contribution in [0.1, 0.15) is 6.92 Å². The van der Waals surface area contributed by atoms with Gasteiger partial charge in [-0.2, -0.15) is 0 Å². The molecule has 6 heteroatoms. The monoisotopic (exact) mass is 221 g/mol. The van der Waals surface area contributed by atoms with E-state index in [1.54, 1.807) is 24.3 Å². The van der Waals surface area contributed by atoms with Gasteiger partial charge in [0.1, 0.15) is 5.75 Å². The zero-order valence-electron chi connectivity index (χ0n) is 8.61. The van der Waals surface area contributed by atoms with Crippen LogP contribution in [-0.2, 0) is 9.59 Å². The van der Waals surface area contributed by atoms with Crippen molar-refractivity contribution in [3.05, 3.63) is 24.3 Å². The van der Waals surface area contributed by atoms with Gasteiger partial charge in [0.2, 0.25) is 0 Å². The lowest BCUT2D eigenvalue weighted by atomic mass is 10.0. The van der Waals surface area contributed by atoms with Gasteiger partial charge in [-0.3, -0.25) is 15.0 Å². The van der Waals surface area contributed by atoms with Gasteiger partial charge in [-0.25, -0.2) is 5.84 Å². The van der Waals surface area contributed by atoms with Crippen LogP contribution in [0, 0.1) is 0 Å². The SMILES string of the molecule is CC1(C(=O)NN)Oc2ccccc2NC1=O. The Morgan fingerprint density at radius 2 is 2.19 bits per heavy atom. The maximum Gasteiger partial charge on any atom is 0.287 e. The molecule has 0 bridgehead atoms. The average Bonchev–Trinajstić information content (AvgIpc) is 2.29. The highest BCUT2D eigenvalue weighted by molar-refractivity contribution is 6.15. The molecule has 1 aliphatic heterocycles. The number of fused-ring (bicyclic) bond motifs is 1. The molecule has 6 nitrogen and oxygen atoms in total. The summed E-state index contributed by atoms with van der Waals surface area (Å²) in [5.41, 5.74) is 0.813. The lowest BCUT2D eigenvalue weighted by molar-refractivity contribution is -0.146. The summed E-state index contributed by atoms with van der Waals surface area (Å²) in [6.45, 7) is 1.36. The number of anilines is 1. The average molecular weight is 221 g/mol. The zero-order valence-corrected chi connectivity index (χ0v) is 8.61. The molecule has 4 N–H and O–H groups in total. The second-order valence-electron chi connectivity index (χ2n) is 3.56. The van der Waals surface area contributed by atoms with E-state index in [1.165, 1.54) is 6.92 Å². The van der Waals surface area contributed by atoms with Crippen molar-refractivity contribution < 1.29 is 14.3 Å². The van der Waals surface area contributed by atoms with Crippen LogP contribution >= 0.6 is 0 Å². The van der Waals surface area contributed by atoms with Gasteiger partial charge in [-0.15, -0.1) is 0 Å². The standard InChI is InChI=1S/C10H11N3O3/c1-10(9(15)13-11)8(14)12-6-4-2-3-5-7(6)16-10/h2-5H,11H2,1H3,(H,12,14)(H,13,15). The first-order valence-electron chi connectivity index (χ1n) is 4.68. The molecule has 1 unspecified atom stereocenters. The Balaban J connectivity index is 2.41. The van der Waals surface area contributed by atoms with Crippen molar-refractivity contribution in [1.82, 2.24) is 5.43 Å². The third kappa shape index (κ3) is 1.40. The van der Waals surface area contributed by atoms with E-state index < -0.39 is 17.4 Å². The number of benzene rings is 1. The maximum atomic E-state index is 11.7. The van der Waals surface area contributed by atoms with Gasteiger partial charge < -0.3 is 10.1 Å². The highest BCUT2D eigenvalue weighted by Gasteiger charge is 2.46. The van der Waals surface area contributed by atoms with Gasteiger partial charge in [-0.1, -0.05) is 12.1 Å². The molecule has 0 saturated carbocycles. The van der Waals surface area contributed by atoms with E-state index in [2.05, 4.69) is 5.32 Å². The first-order valence-corrected chi connectivity index (χ1v) is 4.68. The fourth-order valence-electron chi connectivity index (χ4n) is 1.45. The van der Waals surface area contributed by atoms with Gasteiger partial charge in [0.05, 0.1) is 5.69 Å². The van der Waals surface area contributed by atoms with Crippen LogP contribution in [0.5, 0.6) is 5.75 Å². The molecule has 2 rings (SSSR count). The van der Waals surface area contributed by atoms with Crippen molar-refractivity contribution in [2.75, 3.05) is 5.32 Å². The number of nitrogens with one attached hydrogen (secondary N) is 2. The quantitative estimate of drug-likeness (QED) is 0.264. The maximum absolute atomic E-state index is 11.7. The predicted octanol–water partition coefficient (Wildman–Crippen LogP) is -0.234. The lowest BCUT2D eigenvalue weighted by Crippen LogP contribution is -2.60. The van der Waals surface area contributed by atoms with E-state index in [0.717, 1.165) is 0 Å². The van der Waals surface area contributed by atoms with Crippen molar-refractivity contribution in [3.63, 3.8) is 0 Å². The molecule has 1 heterocycles. The fourth-order valence-corrected chi connectivity index (χ4v) is 1.45. The molecule has 1 aromatic rings. The molecule has 0 spiro atoms. The number of hydrogen-bond donors (Lipinski definition) is 3. The fraction of sp³-hybridized carbons (Fsp3) is 0.200. The molecule has 1 atom stereocenters. The van der Waals surface area contributed by atoms with Crippen LogP contribution < -0.4 is 21.3 Å². The van der Waals surface area contributed by atoms with E-state index in [-0.39, 0.29) is 0 Å². The minimum atomic E-state index is -1.64. The van der Waals surface area contributed by atoms with Gasteiger partial charge in [0.25, 0.3) is 17.4 Å². The van der Waals surface area contributed by atoms with Crippen molar-refractivity contribution in [2.45, 2.75) is 12.5 Å². The molecule has 2 amide bonds. The predicted molar refractivity (Wildman–Crippen MR) is 56.4 cm³/mol. The zero-order chi connectivity index (χ0) is 11.8. The smallest absolute Gasteiger partial charge is 0.287 e. The summed E-state index contributed by atoms with van der Waals surface area (Å²) in [4.78, 5) is 23.2. The summed E-state index contributed by atoms with van der Waals surface area (Å²) < 4.78 is 5.38. The number of rotatable bonds is 1. The minimum absolute atomic E-state index is 0.438. The summed E-state index contributed by atoms with van der Waals surface area (Å²) in [5, 5.41) is 2.59. The Bertz CT molecular complexity index is 460. The van der Waals surface area contributed by atoms with Crippen LogP contribution in [0.2, 0.25) is 0 Å². The molecule has 84 valence electrons. The summed E-state index contributed by atoms with van der Waals surface area (Å²) in [6.07, 6.45) is 0. The van der Waals surface area contributed by atoms with Crippen LogP contribution in [-0.4, -0.2) is 17.4 Å². The molecule has 0 aliphatic carbocycles. The summed E-state index contributed by atoms with van der Waals surface area (Å²) in [6, 6.07) is 6.86. The molecule has 0 fully saturated rings. The van der Waals surface area contributed by atoms with Crippen LogP contribution in [0.25, 0.3) is 0 Å². The van der Waals surface area contributed by atoms with Gasteiger partial charge in [0, 0.05) is 0 Å². The first kappa shape index (κ1) is 10.4. The second-order valence-corrected chi connectivity index (χ2v) is 3.56. The molecule has 1 aromatic carbocycles. The van der Waals surface area contributed by atoms with Crippen molar-refractivity contribution in [2.24, 2.45) is 5.84 Å². The van der Waals surface area contributed by atoms with E-state index in [9.17, 15) is 9.59 Å². The second kappa shape index (κ2) is 3.49. The Morgan fingerprint density at radius 3 is 2.88 bits per heavy atom. The van der Waals surface area contributed by atoms with Crippen molar-refractivity contribution >= 4 is 17.5 Å². The van der Waals surface area contributed by atoms with Crippen molar-refractivity contribution in [1.29, 1.82) is 0 Å². The van der Waals surface area contributed by atoms with Crippen LogP contribution in [0.3, 0.4) is 0 Å². The number of nitrogens with two attached hydrogens (primary N) is 1. The van der Waals surface area contributed by atoms with Gasteiger partial charge >= 0.3 is 0 Å². The third-order valence-electron chi connectivity index (χ3n) is 2.45. The van der Waals surface area contributed by atoms with E-state index in [0.29, 0.717) is 11.4 Å². The van der Waals surface area contributed by atoms with Gasteiger partial charge in [0.15, 0.2) is 0 Å². The van der Waals surface area contributed by atoms with Crippen LogP contribution in [0.15, 0.2) is 24.3 Å². The normalized spacial score (nSPS) is 22.8. The number of carbonyl (C=O) groups is 2. The molecule has 1 aliphatic rings. The third-order valence-corrected chi connectivity index (χ3v) is 2.45. The topological polar surface area (TPSA) is 93.5 Å². The van der Waals surface area contributed by atoms with Gasteiger partial charge in [-0.05, 0) is 19.1 Å². The summed E-state index contributed by atoms with van der Waals surface area (Å²) in [7, 11) is 0. The minimum Gasteiger partial charge on any atom is -0.465 e. The van der Waals surface area contributed by atoms with E-state index >= 15 is 0 Å². The first-order chi connectivity index (χ1) is 7.58. The Kier molecular flexibility index (Phi) is 2.28. The molecular weight excluding hydrogens is 210 g/mol. The molecule has 0 radical (unpaired) electrons. The number of carbonyl (C=O) groups excluding carboxylic acids is 2. The number of ether oxygens (including phenoxy) is 1. The number of hydrazine groups is 1. The number of amides is 2. The number of para-hydroxylation sites is 2.